The predicted octanol–water partition coefficient (Wildman–Crippen LogP) is 4.48. The number of hydrogen-bond acceptors (Lipinski definition) is 4. The number of amides is 2. The average Bonchev–Trinajstić information content (AvgIpc) is 3.05. The van der Waals surface area contributed by atoms with Gasteiger partial charge in [0.1, 0.15) is 4.88 Å². The van der Waals surface area contributed by atoms with Gasteiger partial charge in [0.2, 0.25) is 5.91 Å². The molecule has 0 atom stereocenters. The molecule has 1 aliphatic rings. The van der Waals surface area contributed by atoms with Gasteiger partial charge >= 0.3 is 0 Å². The standard InChI is InChI=1S/C21H20ClN3O2S/c1-14(26)24-10-12-25(13-11-24)17-8-4-3-7-16(17)23-21(27)20-19(22)15-6-2-5-9-18(15)28-20/h2-9H,10-13H2,1H3,(H,23,27). The smallest absolute Gasteiger partial charge is 0.267 e. The Morgan fingerprint density at radius 3 is 2.39 bits per heavy atom. The molecule has 4 rings (SSSR count). The summed E-state index contributed by atoms with van der Waals surface area (Å²) in [5.41, 5.74) is 1.70. The van der Waals surface area contributed by atoms with Gasteiger partial charge in [-0.3, -0.25) is 9.59 Å². The fraction of sp³-hybridized carbons (Fsp3) is 0.238. The highest BCUT2D eigenvalue weighted by Crippen LogP contribution is 2.36. The summed E-state index contributed by atoms with van der Waals surface area (Å²) in [6, 6.07) is 15.5. The zero-order valence-electron chi connectivity index (χ0n) is 15.4. The van der Waals surface area contributed by atoms with Crippen molar-refractivity contribution in [3.05, 3.63) is 58.4 Å². The van der Waals surface area contributed by atoms with E-state index in [9.17, 15) is 9.59 Å². The summed E-state index contributed by atoms with van der Waals surface area (Å²) in [5.74, 6) is -0.110. The van der Waals surface area contributed by atoms with Crippen molar-refractivity contribution < 1.29 is 9.59 Å². The molecule has 1 fully saturated rings. The maximum atomic E-state index is 12.9. The van der Waals surface area contributed by atoms with E-state index >= 15 is 0 Å². The van der Waals surface area contributed by atoms with Crippen LogP contribution in [-0.2, 0) is 4.79 Å². The molecule has 0 unspecified atom stereocenters. The molecule has 2 heterocycles. The first-order valence-electron chi connectivity index (χ1n) is 9.12. The topological polar surface area (TPSA) is 52.7 Å². The van der Waals surface area contributed by atoms with Crippen LogP contribution < -0.4 is 10.2 Å². The second kappa shape index (κ2) is 7.81. The molecule has 28 heavy (non-hydrogen) atoms. The molecule has 144 valence electrons. The minimum absolute atomic E-state index is 0.0978. The second-order valence-electron chi connectivity index (χ2n) is 6.71. The number of anilines is 2. The van der Waals surface area contributed by atoms with E-state index < -0.39 is 0 Å². The molecular weight excluding hydrogens is 394 g/mol. The van der Waals surface area contributed by atoms with Gasteiger partial charge in [0.05, 0.1) is 16.4 Å². The number of rotatable bonds is 3. The van der Waals surface area contributed by atoms with Crippen LogP contribution in [0.5, 0.6) is 0 Å². The molecule has 1 saturated heterocycles. The zero-order valence-corrected chi connectivity index (χ0v) is 17.0. The minimum atomic E-state index is -0.207. The van der Waals surface area contributed by atoms with Gasteiger partial charge in [0.15, 0.2) is 0 Å². The number of fused-ring (bicyclic) bond motifs is 1. The highest BCUT2D eigenvalue weighted by molar-refractivity contribution is 7.21. The maximum absolute atomic E-state index is 12.9. The van der Waals surface area contributed by atoms with Crippen LogP contribution in [0.25, 0.3) is 10.1 Å². The van der Waals surface area contributed by atoms with Gasteiger partial charge in [-0.05, 0) is 18.2 Å². The highest BCUT2D eigenvalue weighted by Gasteiger charge is 2.22. The molecular formula is C21H20ClN3O2S. The summed E-state index contributed by atoms with van der Waals surface area (Å²) in [6.07, 6.45) is 0. The average molecular weight is 414 g/mol. The lowest BCUT2D eigenvalue weighted by Crippen LogP contribution is -2.48. The molecule has 1 N–H and O–H groups in total. The first kappa shape index (κ1) is 18.8. The van der Waals surface area contributed by atoms with Crippen molar-refractivity contribution in [1.29, 1.82) is 0 Å². The van der Waals surface area contributed by atoms with Crippen LogP contribution in [0, 0.1) is 0 Å². The second-order valence-corrected chi connectivity index (χ2v) is 8.14. The van der Waals surface area contributed by atoms with Gasteiger partial charge in [-0.1, -0.05) is 41.9 Å². The molecule has 3 aromatic rings. The van der Waals surface area contributed by atoms with Crippen molar-refractivity contribution >= 4 is 56.2 Å². The quantitative estimate of drug-likeness (QED) is 0.689. The number of carbonyl (C=O) groups excluding carboxylic acids is 2. The molecule has 1 aliphatic heterocycles. The molecule has 0 radical (unpaired) electrons. The van der Waals surface area contributed by atoms with Crippen LogP contribution in [0.15, 0.2) is 48.5 Å². The summed E-state index contributed by atoms with van der Waals surface area (Å²) in [4.78, 5) is 29.0. The first-order valence-corrected chi connectivity index (χ1v) is 10.3. The van der Waals surface area contributed by atoms with Gasteiger partial charge in [0.25, 0.3) is 5.91 Å². The third kappa shape index (κ3) is 3.57. The largest absolute Gasteiger partial charge is 0.366 e. The summed E-state index contributed by atoms with van der Waals surface area (Å²) in [5, 5.41) is 4.41. The zero-order chi connectivity index (χ0) is 19.7. The Labute approximate surface area is 172 Å². The monoisotopic (exact) mass is 413 g/mol. The number of hydrogen-bond donors (Lipinski definition) is 1. The van der Waals surface area contributed by atoms with Crippen LogP contribution in [-0.4, -0.2) is 42.9 Å². The van der Waals surface area contributed by atoms with Crippen molar-refractivity contribution in [3.63, 3.8) is 0 Å². The van der Waals surface area contributed by atoms with Gasteiger partial charge in [-0.2, -0.15) is 0 Å². The molecule has 0 aliphatic carbocycles. The number of halogens is 1. The molecule has 1 aromatic heterocycles. The van der Waals surface area contributed by atoms with E-state index in [1.54, 1.807) is 6.92 Å². The lowest BCUT2D eigenvalue weighted by molar-refractivity contribution is -0.129. The first-order chi connectivity index (χ1) is 13.5. The van der Waals surface area contributed by atoms with Gasteiger partial charge in [0, 0.05) is 43.2 Å². The summed E-state index contributed by atoms with van der Waals surface area (Å²) in [6.45, 7) is 4.42. The van der Waals surface area contributed by atoms with E-state index in [2.05, 4.69) is 10.2 Å². The van der Waals surface area contributed by atoms with E-state index in [4.69, 9.17) is 11.6 Å². The van der Waals surface area contributed by atoms with Gasteiger partial charge in [-0.15, -0.1) is 11.3 Å². The molecule has 5 nitrogen and oxygen atoms in total. The highest BCUT2D eigenvalue weighted by atomic mass is 35.5. The van der Waals surface area contributed by atoms with Crippen LogP contribution >= 0.6 is 22.9 Å². The fourth-order valence-corrected chi connectivity index (χ4v) is 4.87. The van der Waals surface area contributed by atoms with Crippen molar-refractivity contribution in [1.82, 2.24) is 4.90 Å². The summed E-state index contributed by atoms with van der Waals surface area (Å²) in [7, 11) is 0. The van der Waals surface area contributed by atoms with E-state index in [0.717, 1.165) is 34.6 Å². The fourth-order valence-electron chi connectivity index (χ4n) is 3.46. The van der Waals surface area contributed by atoms with Crippen LogP contribution in [0.1, 0.15) is 16.6 Å². The van der Waals surface area contributed by atoms with Crippen molar-refractivity contribution in [3.8, 4) is 0 Å². The van der Waals surface area contributed by atoms with E-state index in [-0.39, 0.29) is 11.8 Å². The molecule has 0 bridgehead atoms. The Kier molecular flexibility index (Phi) is 5.24. The van der Waals surface area contributed by atoms with Gasteiger partial charge in [-0.25, -0.2) is 0 Å². The number of nitrogens with one attached hydrogen (secondary N) is 1. The molecule has 2 aromatic carbocycles. The molecule has 2 amide bonds. The minimum Gasteiger partial charge on any atom is -0.366 e. The van der Waals surface area contributed by atoms with Gasteiger partial charge < -0.3 is 15.1 Å². The molecule has 0 saturated carbocycles. The van der Waals surface area contributed by atoms with Crippen molar-refractivity contribution in [2.75, 3.05) is 36.4 Å². The Balaban J connectivity index is 1.56. The van der Waals surface area contributed by atoms with Crippen molar-refractivity contribution in [2.24, 2.45) is 0 Å². The number of carbonyl (C=O) groups is 2. The maximum Gasteiger partial charge on any atom is 0.267 e. The Morgan fingerprint density at radius 1 is 1.00 bits per heavy atom. The number of benzene rings is 2. The normalized spacial score (nSPS) is 14.4. The van der Waals surface area contributed by atoms with Crippen LogP contribution in [0.3, 0.4) is 0 Å². The number of nitrogens with zero attached hydrogens (tertiary/aromatic N) is 2. The Morgan fingerprint density at radius 2 is 1.68 bits per heavy atom. The van der Waals surface area contributed by atoms with Crippen LogP contribution in [0.2, 0.25) is 5.02 Å². The molecule has 7 heteroatoms. The van der Waals surface area contributed by atoms with Crippen molar-refractivity contribution in [2.45, 2.75) is 6.92 Å². The summed E-state index contributed by atoms with van der Waals surface area (Å²) < 4.78 is 0.992. The van der Waals surface area contributed by atoms with E-state index in [0.29, 0.717) is 23.0 Å². The summed E-state index contributed by atoms with van der Waals surface area (Å²) >= 11 is 7.85. The van der Waals surface area contributed by atoms with Crippen LogP contribution in [0.4, 0.5) is 11.4 Å². The Hall–Kier alpha value is -2.57. The lowest BCUT2D eigenvalue weighted by Gasteiger charge is -2.36. The van der Waals surface area contributed by atoms with E-state index in [1.807, 2.05) is 53.4 Å². The number of piperazine rings is 1. The Bertz CT molecular complexity index is 1040. The lowest BCUT2D eigenvalue weighted by atomic mass is 10.2. The third-order valence-corrected chi connectivity index (χ3v) is 6.63. The third-order valence-electron chi connectivity index (χ3n) is 4.96. The number of thiophene rings is 1. The van der Waals surface area contributed by atoms with E-state index in [1.165, 1.54) is 11.3 Å². The predicted molar refractivity (Wildman–Crippen MR) is 116 cm³/mol. The number of para-hydroxylation sites is 2. The molecule has 0 spiro atoms. The SMILES string of the molecule is CC(=O)N1CCN(c2ccccc2NC(=O)c2sc3ccccc3c2Cl)CC1.